The Morgan fingerprint density at radius 2 is 1.76 bits per heavy atom. The molecule has 0 radical (unpaired) electrons. The van der Waals surface area contributed by atoms with Gasteiger partial charge < -0.3 is 20.3 Å². The van der Waals surface area contributed by atoms with Crippen molar-refractivity contribution in [1.29, 1.82) is 0 Å². The van der Waals surface area contributed by atoms with Crippen LogP contribution in [-0.2, 0) is 4.79 Å². The quantitative estimate of drug-likeness (QED) is 0.518. The Hall–Kier alpha value is -3.28. The van der Waals surface area contributed by atoms with Crippen molar-refractivity contribution < 1.29 is 9.53 Å². The summed E-state index contributed by atoms with van der Waals surface area (Å²) < 4.78 is 5.72. The Balaban J connectivity index is 1.26. The summed E-state index contributed by atoms with van der Waals surface area (Å²) in [5.74, 6) is 2.08. The molecule has 1 aliphatic carbocycles. The van der Waals surface area contributed by atoms with E-state index in [1.165, 1.54) is 5.69 Å². The highest BCUT2D eigenvalue weighted by molar-refractivity contribution is 5.93. The van der Waals surface area contributed by atoms with Crippen LogP contribution in [-0.4, -0.2) is 43.7 Å². The molecule has 33 heavy (non-hydrogen) atoms. The number of rotatable bonds is 8. The zero-order valence-electron chi connectivity index (χ0n) is 19.8. The van der Waals surface area contributed by atoms with E-state index in [0.29, 0.717) is 24.3 Å². The number of amides is 1. The summed E-state index contributed by atoms with van der Waals surface area (Å²) in [5.41, 5.74) is 2.18. The first-order valence-corrected chi connectivity index (χ1v) is 11.8. The van der Waals surface area contributed by atoms with Crippen LogP contribution in [0.4, 0.5) is 11.5 Å². The van der Waals surface area contributed by atoms with Gasteiger partial charge in [0, 0.05) is 43.8 Å². The van der Waals surface area contributed by atoms with Gasteiger partial charge in [-0.15, -0.1) is 0 Å². The molecule has 0 spiro atoms. The predicted molar refractivity (Wildman–Crippen MR) is 135 cm³/mol. The summed E-state index contributed by atoms with van der Waals surface area (Å²) in [5, 5.41) is 7.89. The topological polar surface area (TPSA) is 66.5 Å². The number of hydrogen-bond donors (Lipinski definition) is 2. The fraction of sp³-hybridized carbons (Fsp3) is 0.407. The molecule has 6 heteroatoms. The molecule has 4 rings (SSSR count). The summed E-state index contributed by atoms with van der Waals surface area (Å²) in [6.07, 6.45) is 3.81. The molecule has 0 saturated heterocycles. The van der Waals surface area contributed by atoms with Crippen LogP contribution in [0, 0.1) is 5.92 Å². The number of nitrogens with zero attached hydrogens (tertiary/aromatic N) is 2. The van der Waals surface area contributed by atoms with Gasteiger partial charge in [0.05, 0.1) is 5.52 Å². The van der Waals surface area contributed by atoms with Gasteiger partial charge in [-0.3, -0.25) is 4.79 Å². The number of fused-ring (bicyclic) bond motifs is 1. The third-order valence-electron chi connectivity index (χ3n) is 6.37. The molecule has 1 aliphatic rings. The number of para-hydroxylation sites is 2. The number of benzene rings is 2. The fourth-order valence-electron chi connectivity index (χ4n) is 4.47. The molecule has 1 heterocycles. The van der Waals surface area contributed by atoms with E-state index in [9.17, 15) is 4.79 Å². The molecule has 0 bridgehead atoms. The number of hydrogen-bond acceptors (Lipinski definition) is 5. The van der Waals surface area contributed by atoms with Crippen molar-refractivity contribution >= 4 is 28.3 Å². The molecule has 1 fully saturated rings. The average molecular weight is 447 g/mol. The normalized spacial score (nSPS) is 19.0. The van der Waals surface area contributed by atoms with E-state index < -0.39 is 6.10 Å². The number of pyridine rings is 1. The lowest BCUT2D eigenvalue weighted by molar-refractivity contribution is -0.127. The molecule has 0 aliphatic heterocycles. The van der Waals surface area contributed by atoms with Gasteiger partial charge in [-0.05, 0) is 56.7 Å². The van der Waals surface area contributed by atoms with Crippen molar-refractivity contribution in [3.8, 4) is 5.75 Å². The minimum atomic E-state index is -0.504. The summed E-state index contributed by atoms with van der Waals surface area (Å²) in [7, 11) is 4.13. The average Bonchev–Trinajstić information content (AvgIpc) is 2.83. The van der Waals surface area contributed by atoms with Crippen molar-refractivity contribution in [2.75, 3.05) is 30.9 Å². The second-order valence-electron chi connectivity index (χ2n) is 9.12. The van der Waals surface area contributed by atoms with Crippen molar-refractivity contribution in [3.63, 3.8) is 0 Å². The van der Waals surface area contributed by atoms with E-state index in [-0.39, 0.29) is 5.91 Å². The Kier molecular flexibility index (Phi) is 7.33. The molecule has 6 nitrogen and oxygen atoms in total. The standard InChI is InChI=1S/C27H34N4O2/c1-19(33-22-9-5-4-6-10-22)27(32)28-18-20-13-15-21(16-14-20)29-26-17-25(31(2)3)23-11-7-8-12-24(23)30-26/h4-12,17,19-21H,13-16,18H2,1-3H3,(H,28,32)(H,29,30)/t19?,20-,21+. The molecular formula is C27H34N4O2. The highest BCUT2D eigenvalue weighted by atomic mass is 16.5. The molecule has 1 amide bonds. The van der Waals surface area contributed by atoms with Gasteiger partial charge in [0.25, 0.3) is 5.91 Å². The maximum Gasteiger partial charge on any atom is 0.260 e. The monoisotopic (exact) mass is 446 g/mol. The maximum absolute atomic E-state index is 12.4. The summed E-state index contributed by atoms with van der Waals surface area (Å²) in [6, 6.07) is 20.3. The molecule has 1 unspecified atom stereocenters. The van der Waals surface area contributed by atoms with Gasteiger partial charge in [-0.1, -0.05) is 36.4 Å². The van der Waals surface area contributed by atoms with Crippen molar-refractivity contribution in [1.82, 2.24) is 10.3 Å². The molecule has 174 valence electrons. The van der Waals surface area contributed by atoms with Crippen LogP contribution in [0.3, 0.4) is 0 Å². The molecule has 1 atom stereocenters. The smallest absolute Gasteiger partial charge is 0.260 e. The Morgan fingerprint density at radius 3 is 2.48 bits per heavy atom. The fourth-order valence-corrected chi connectivity index (χ4v) is 4.47. The Labute approximate surface area is 196 Å². The number of carbonyl (C=O) groups excluding carboxylic acids is 1. The number of anilines is 2. The van der Waals surface area contributed by atoms with Crippen LogP contribution in [0.2, 0.25) is 0 Å². The Morgan fingerprint density at radius 1 is 1.06 bits per heavy atom. The van der Waals surface area contributed by atoms with Gasteiger partial charge in [0.1, 0.15) is 11.6 Å². The van der Waals surface area contributed by atoms with E-state index in [4.69, 9.17) is 9.72 Å². The van der Waals surface area contributed by atoms with Crippen LogP contribution in [0.1, 0.15) is 32.6 Å². The van der Waals surface area contributed by atoms with E-state index in [0.717, 1.165) is 42.4 Å². The van der Waals surface area contributed by atoms with Crippen LogP contribution in [0.15, 0.2) is 60.7 Å². The first-order chi connectivity index (χ1) is 16.0. The van der Waals surface area contributed by atoms with Gasteiger partial charge in [-0.2, -0.15) is 0 Å². The van der Waals surface area contributed by atoms with Crippen molar-refractivity contribution in [3.05, 3.63) is 60.7 Å². The zero-order valence-corrected chi connectivity index (χ0v) is 19.8. The zero-order chi connectivity index (χ0) is 23.2. The van der Waals surface area contributed by atoms with E-state index in [2.05, 4.69) is 53.9 Å². The number of carbonyl (C=O) groups is 1. The van der Waals surface area contributed by atoms with Crippen LogP contribution in [0.5, 0.6) is 5.75 Å². The summed E-state index contributed by atoms with van der Waals surface area (Å²) >= 11 is 0. The highest BCUT2D eigenvalue weighted by Gasteiger charge is 2.23. The first-order valence-electron chi connectivity index (χ1n) is 11.8. The summed E-state index contributed by atoms with van der Waals surface area (Å²) in [4.78, 5) is 19.4. The molecular weight excluding hydrogens is 412 g/mol. The SMILES string of the molecule is CC(Oc1ccccc1)C(=O)NC[C@H]1CC[C@@H](Nc2cc(N(C)C)c3ccccc3n2)CC1. The minimum absolute atomic E-state index is 0.0596. The van der Waals surface area contributed by atoms with Gasteiger partial charge in [0.15, 0.2) is 6.10 Å². The lowest BCUT2D eigenvalue weighted by Crippen LogP contribution is -2.40. The van der Waals surface area contributed by atoms with Gasteiger partial charge in [-0.25, -0.2) is 4.98 Å². The number of aromatic nitrogens is 1. The molecule has 2 aromatic carbocycles. The first kappa shape index (κ1) is 22.9. The predicted octanol–water partition coefficient (Wildman–Crippen LogP) is 4.86. The lowest BCUT2D eigenvalue weighted by Gasteiger charge is -2.30. The third kappa shape index (κ3) is 5.95. The van der Waals surface area contributed by atoms with Crippen LogP contribution in [0.25, 0.3) is 10.9 Å². The maximum atomic E-state index is 12.4. The Bertz CT molecular complexity index is 1060. The van der Waals surface area contributed by atoms with Gasteiger partial charge in [0.2, 0.25) is 0 Å². The highest BCUT2D eigenvalue weighted by Crippen LogP contribution is 2.30. The van der Waals surface area contributed by atoms with E-state index in [1.807, 2.05) is 36.4 Å². The van der Waals surface area contributed by atoms with Crippen molar-refractivity contribution in [2.45, 2.75) is 44.8 Å². The molecule has 1 aromatic heterocycles. The van der Waals surface area contributed by atoms with Crippen molar-refractivity contribution in [2.24, 2.45) is 5.92 Å². The van der Waals surface area contributed by atoms with Crippen LogP contribution >= 0.6 is 0 Å². The molecule has 2 N–H and O–H groups in total. The number of ether oxygens (including phenoxy) is 1. The second-order valence-corrected chi connectivity index (χ2v) is 9.12. The second kappa shape index (κ2) is 10.6. The molecule has 3 aromatic rings. The van der Waals surface area contributed by atoms with Gasteiger partial charge >= 0.3 is 0 Å². The summed E-state index contributed by atoms with van der Waals surface area (Å²) in [6.45, 7) is 2.49. The molecule has 1 saturated carbocycles. The van der Waals surface area contributed by atoms with E-state index >= 15 is 0 Å². The largest absolute Gasteiger partial charge is 0.481 e. The number of nitrogens with one attached hydrogen (secondary N) is 2. The van der Waals surface area contributed by atoms with Crippen LogP contribution < -0.4 is 20.3 Å². The lowest BCUT2D eigenvalue weighted by atomic mass is 9.86. The third-order valence-corrected chi connectivity index (χ3v) is 6.37. The van der Waals surface area contributed by atoms with E-state index in [1.54, 1.807) is 6.92 Å². The minimum Gasteiger partial charge on any atom is -0.481 e.